The van der Waals surface area contributed by atoms with E-state index in [2.05, 4.69) is 15.1 Å². The molecule has 4 aromatic rings. The summed E-state index contributed by atoms with van der Waals surface area (Å²) in [5, 5.41) is 4.95. The fraction of sp³-hybridized carbons (Fsp3) is 0. The number of halogens is 1. The van der Waals surface area contributed by atoms with E-state index in [9.17, 15) is 4.79 Å². The Labute approximate surface area is 151 Å². The molecule has 122 valence electrons. The third-order valence-electron chi connectivity index (χ3n) is 3.48. The van der Waals surface area contributed by atoms with Gasteiger partial charge >= 0.3 is 0 Å². The number of hydrogen-bond acceptors (Lipinski definition) is 5. The maximum Gasteiger partial charge on any atom is 0.291 e. The normalized spacial score (nSPS) is 12.4. The Bertz CT molecular complexity index is 1160. The Balaban J connectivity index is 1.67. The minimum atomic E-state index is -0.178. The highest BCUT2D eigenvalue weighted by Crippen LogP contribution is 2.12. The quantitative estimate of drug-likeness (QED) is 0.559. The third-order valence-corrected chi connectivity index (χ3v) is 4.69. The first-order valence-electron chi connectivity index (χ1n) is 7.44. The number of benzene rings is 1. The summed E-state index contributed by atoms with van der Waals surface area (Å²) in [5.41, 5.74) is 1.67. The van der Waals surface area contributed by atoms with E-state index in [-0.39, 0.29) is 5.56 Å². The van der Waals surface area contributed by atoms with Gasteiger partial charge in [-0.3, -0.25) is 9.78 Å². The molecule has 0 aliphatic heterocycles. The van der Waals surface area contributed by atoms with Gasteiger partial charge in [0.05, 0.1) is 4.53 Å². The van der Waals surface area contributed by atoms with Crippen LogP contribution < -0.4 is 10.1 Å². The van der Waals surface area contributed by atoms with Crippen LogP contribution in [0.2, 0.25) is 5.02 Å². The summed E-state index contributed by atoms with van der Waals surface area (Å²) in [4.78, 5) is 21.4. The van der Waals surface area contributed by atoms with E-state index in [1.807, 2.05) is 42.5 Å². The van der Waals surface area contributed by atoms with Crippen molar-refractivity contribution in [2.75, 3.05) is 0 Å². The molecule has 0 bridgehead atoms. The summed E-state index contributed by atoms with van der Waals surface area (Å²) in [5.74, 6) is 0.492. The van der Waals surface area contributed by atoms with Crippen LogP contribution in [0.5, 0.6) is 0 Å². The Morgan fingerprint density at radius 1 is 1.08 bits per heavy atom. The molecule has 0 amide bonds. The molecule has 0 aliphatic carbocycles. The lowest BCUT2D eigenvalue weighted by Gasteiger charge is -1.92. The third kappa shape index (κ3) is 3.35. The van der Waals surface area contributed by atoms with Gasteiger partial charge in [-0.15, -0.1) is 5.10 Å². The molecule has 0 saturated carbocycles. The maximum absolute atomic E-state index is 12.4. The first kappa shape index (κ1) is 15.7. The summed E-state index contributed by atoms with van der Waals surface area (Å²) in [6, 6.07) is 11.2. The Morgan fingerprint density at radius 3 is 2.64 bits per heavy atom. The molecular formula is C18H11ClN4OS. The lowest BCUT2D eigenvalue weighted by Crippen LogP contribution is -2.23. The summed E-state index contributed by atoms with van der Waals surface area (Å²) >= 11 is 7.17. The maximum atomic E-state index is 12.4. The van der Waals surface area contributed by atoms with Gasteiger partial charge in [0.25, 0.3) is 5.56 Å². The SMILES string of the molecule is O=c1c(=Cc2cccnc2)sc2nc(C=Cc3ccc(Cl)cc3)nn12. The molecule has 3 aromatic heterocycles. The Kier molecular flexibility index (Phi) is 4.13. The molecule has 5 nitrogen and oxygen atoms in total. The van der Waals surface area contributed by atoms with E-state index in [0.717, 1.165) is 11.1 Å². The van der Waals surface area contributed by atoms with E-state index in [1.165, 1.54) is 15.9 Å². The smallest absolute Gasteiger partial charge is 0.266 e. The number of aromatic nitrogens is 4. The molecule has 0 unspecified atom stereocenters. The zero-order valence-electron chi connectivity index (χ0n) is 12.8. The van der Waals surface area contributed by atoms with Gasteiger partial charge in [-0.1, -0.05) is 47.2 Å². The Morgan fingerprint density at radius 2 is 1.92 bits per heavy atom. The van der Waals surface area contributed by atoms with E-state index in [1.54, 1.807) is 24.5 Å². The summed E-state index contributed by atoms with van der Waals surface area (Å²) < 4.78 is 1.91. The molecule has 3 heterocycles. The van der Waals surface area contributed by atoms with Crippen molar-refractivity contribution in [1.29, 1.82) is 0 Å². The van der Waals surface area contributed by atoms with Crippen molar-refractivity contribution < 1.29 is 0 Å². The number of fused-ring (bicyclic) bond motifs is 1. The highest BCUT2D eigenvalue weighted by atomic mass is 35.5. The van der Waals surface area contributed by atoms with Gasteiger partial charge in [0.15, 0.2) is 5.82 Å². The number of nitrogens with zero attached hydrogens (tertiary/aromatic N) is 4. The van der Waals surface area contributed by atoms with Crippen LogP contribution >= 0.6 is 22.9 Å². The minimum absolute atomic E-state index is 0.178. The molecule has 0 aliphatic rings. The second-order valence-electron chi connectivity index (χ2n) is 5.25. The number of rotatable bonds is 3. The van der Waals surface area contributed by atoms with Crippen molar-refractivity contribution in [2.24, 2.45) is 0 Å². The largest absolute Gasteiger partial charge is 0.291 e. The summed E-state index contributed by atoms with van der Waals surface area (Å²) in [6.45, 7) is 0. The van der Waals surface area contributed by atoms with Crippen LogP contribution in [0.4, 0.5) is 0 Å². The second kappa shape index (κ2) is 6.58. The van der Waals surface area contributed by atoms with Gasteiger partial charge < -0.3 is 0 Å². The standard InChI is InChI=1S/C18H11ClN4OS/c19-14-6-3-12(4-7-14)5-8-16-21-18-23(22-16)17(24)15(25-18)10-13-2-1-9-20-11-13/h1-11H. The molecule has 0 saturated heterocycles. The van der Waals surface area contributed by atoms with Gasteiger partial charge in [0.2, 0.25) is 4.96 Å². The first-order valence-corrected chi connectivity index (χ1v) is 8.63. The van der Waals surface area contributed by atoms with Crippen molar-refractivity contribution in [3.63, 3.8) is 0 Å². The number of pyridine rings is 1. The molecule has 25 heavy (non-hydrogen) atoms. The van der Waals surface area contributed by atoms with Crippen molar-refractivity contribution >= 4 is 46.1 Å². The monoisotopic (exact) mass is 366 g/mol. The van der Waals surface area contributed by atoms with Gasteiger partial charge in [-0.25, -0.2) is 0 Å². The number of hydrogen-bond donors (Lipinski definition) is 0. The highest BCUT2D eigenvalue weighted by molar-refractivity contribution is 7.15. The molecule has 0 radical (unpaired) electrons. The lowest BCUT2D eigenvalue weighted by atomic mass is 10.2. The Hall–Kier alpha value is -2.83. The van der Waals surface area contributed by atoms with Crippen LogP contribution in [0.15, 0.2) is 53.6 Å². The summed E-state index contributed by atoms with van der Waals surface area (Å²) in [7, 11) is 0. The van der Waals surface area contributed by atoms with Crippen molar-refractivity contribution in [1.82, 2.24) is 19.6 Å². The average Bonchev–Trinajstić information content (AvgIpc) is 3.15. The van der Waals surface area contributed by atoms with Gasteiger partial charge in [-0.2, -0.15) is 9.50 Å². The molecule has 0 N–H and O–H groups in total. The fourth-order valence-electron chi connectivity index (χ4n) is 2.28. The molecule has 1 aromatic carbocycles. The minimum Gasteiger partial charge on any atom is -0.266 e. The average molecular weight is 367 g/mol. The topological polar surface area (TPSA) is 60.2 Å². The molecule has 0 spiro atoms. The van der Waals surface area contributed by atoms with Crippen LogP contribution in [-0.2, 0) is 0 Å². The van der Waals surface area contributed by atoms with Crippen LogP contribution in [0.25, 0.3) is 23.2 Å². The van der Waals surface area contributed by atoms with Gasteiger partial charge in [0, 0.05) is 17.4 Å². The zero-order valence-corrected chi connectivity index (χ0v) is 14.4. The second-order valence-corrected chi connectivity index (χ2v) is 6.70. The summed E-state index contributed by atoms with van der Waals surface area (Å²) in [6.07, 6.45) is 8.84. The highest BCUT2D eigenvalue weighted by Gasteiger charge is 2.08. The van der Waals surface area contributed by atoms with E-state index in [0.29, 0.717) is 20.3 Å². The van der Waals surface area contributed by atoms with Gasteiger partial charge in [0.1, 0.15) is 0 Å². The van der Waals surface area contributed by atoms with E-state index < -0.39 is 0 Å². The fourth-order valence-corrected chi connectivity index (χ4v) is 3.32. The van der Waals surface area contributed by atoms with E-state index >= 15 is 0 Å². The van der Waals surface area contributed by atoms with Crippen LogP contribution in [-0.4, -0.2) is 19.6 Å². The molecule has 7 heteroatoms. The first-order chi connectivity index (χ1) is 12.2. The van der Waals surface area contributed by atoms with Crippen LogP contribution in [0.1, 0.15) is 17.0 Å². The lowest BCUT2D eigenvalue weighted by molar-refractivity contribution is 0.925. The van der Waals surface area contributed by atoms with Crippen molar-refractivity contribution in [3.8, 4) is 0 Å². The molecule has 0 atom stereocenters. The van der Waals surface area contributed by atoms with Crippen molar-refractivity contribution in [2.45, 2.75) is 0 Å². The van der Waals surface area contributed by atoms with Crippen LogP contribution in [0.3, 0.4) is 0 Å². The van der Waals surface area contributed by atoms with E-state index in [4.69, 9.17) is 11.6 Å². The van der Waals surface area contributed by atoms with Crippen molar-refractivity contribution in [3.05, 3.63) is 85.7 Å². The predicted octanol–water partition coefficient (Wildman–Crippen LogP) is 2.92. The zero-order chi connectivity index (χ0) is 17.2. The van der Waals surface area contributed by atoms with Crippen LogP contribution in [0, 0.1) is 0 Å². The molecular weight excluding hydrogens is 356 g/mol. The predicted molar refractivity (Wildman–Crippen MR) is 101 cm³/mol. The molecule has 4 rings (SSSR count). The van der Waals surface area contributed by atoms with Gasteiger partial charge in [-0.05, 0) is 41.5 Å². The number of thiazole rings is 1. The molecule has 0 fully saturated rings.